The van der Waals surface area contributed by atoms with E-state index in [0.717, 1.165) is 10.9 Å². The topological polar surface area (TPSA) is 56.1 Å². The number of fused-ring (bicyclic) bond motifs is 1. The maximum atomic E-state index is 11.6. The SMILES string of the molecule is COCCNC(=O)CCn1nc(Cl)c2ccccc21. The van der Waals surface area contributed by atoms with Gasteiger partial charge in [0.1, 0.15) is 0 Å². The highest BCUT2D eigenvalue weighted by molar-refractivity contribution is 6.34. The number of nitrogens with zero attached hydrogens (tertiary/aromatic N) is 2. The number of hydrogen-bond donors (Lipinski definition) is 1. The normalized spacial score (nSPS) is 10.8. The zero-order chi connectivity index (χ0) is 13.7. The summed E-state index contributed by atoms with van der Waals surface area (Å²) >= 11 is 6.05. The number of nitrogens with one attached hydrogen (secondary N) is 1. The van der Waals surface area contributed by atoms with Crippen LogP contribution < -0.4 is 5.32 Å². The van der Waals surface area contributed by atoms with Crippen molar-refractivity contribution in [2.24, 2.45) is 0 Å². The van der Waals surface area contributed by atoms with E-state index < -0.39 is 0 Å². The van der Waals surface area contributed by atoms with Crippen LogP contribution in [0.4, 0.5) is 0 Å². The van der Waals surface area contributed by atoms with Crippen molar-refractivity contribution >= 4 is 28.4 Å². The number of hydrogen-bond acceptors (Lipinski definition) is 3. The molecule has 0 spiro atoms. The summed E-state index contributed by atoms with van der Waals surface area (Å²) in [6, 6.07) is 7.70. The fourth-order valence-electron chi connectivity index (χ4n) is 1.85. The van der Waals surface area contributed by atoms with Gasteiger partial charge in [-0.2, -0.15) is 5.10 Å². The van der Waals surface area contributed by atoms with Gasteiger partial charge in [0.2, 0.25) is 5.91 Å². The zero-order valence-electron chi connectivity index (χ0n) is 10.7. The van der Waals surface area contributed by atoms with Crippen LogP contribution in [-0.2, 0) is 16.1 Å². The van der Waals surface area contributed by atoms with Crippen molar-refractivity contribution in [2.45, 2.75) is 13.0 Å². The molecule has 6 heteroatoms. The summed E-state index contributed by atoms with van der Waals surface area (Å²) in [6.07, 6.45) is 0.367. The number of para-hydroxylation sites is 1. The van der Waals surface area contributed by atoms with E-state index >= 15 is 0 Å². The van der Waals surface area contributed by atoms with Crippen LogP contribution in [0.2, 0.25) is 5.15 Å². The molecule has 0 saturated heterocycles. The van der Waals surface area contributed by atoms with Crippen molar-refractivity contribution in [3.63, 3.8) is 0 Å². The van der Waals surface area contributed by atoms with Crippen molar-refractivity contribution < 1.29 is 9.53 Å². The smallest absolute Gasteiger partial charge is 0.221 e. The molecule has 0 unspecified atom stereocenters. The number of methoxy groups -OCH3 is 1. The Morgan fingerprint density at radius 3 is 3.05 bits per heavy atom. The molecule has 2 aromatic rings. The highest BCUT2D eigenvalue weighted by atomic mass is 35.5. The van der Waals surface area contributed by atoms with E-state index in [1.54, 1.807) is 11.8 Å². The molecule has 1 aromatic heterocycles. The van der Waals surface area contributed by atoms with E-state index in [9.17, 15) is 4.79 Å². The molecular weight excluding hydrogens is 266 g/mol. The molecule has 2 rings (SSSR count). The predicted octanol–water partition coefficient (Wildman–Crippen LogP) is 1.84. The second kappa shape index (κ2) is 6.54. The summed E-state index contributed by atoms with van der Waals surface area (Å²) in [5.41, 5.74) is 0.942. The number of carbonyl (C=O) groups is 1. The van der Waals surface area contributed by atoms with Gasteiger partial charge in [0, 0.05) is 25.5 Å². The maximum absolute atomic E-state index is 11.6. The summed E-state index contributed by atoms with van der Waals surface area (Å²) in [5.74, 6) is -0.0206. The summed E-state index contributed by atoms with van der Waals surface area (Å²) < 4.78 is 6.62. The van der Waals surface area contributed by atoms with Crippen molar-refractivity contribution in [3.8, 4) is 0 Å². The van der Waals surface area contributed by atoms with E-state index in [1.165, 1.54) is 0 Å². The third kappa shape index (κ3) is 3.45. The summed E-state index contributed by atoms with van der Waals surface area (Å²) in [5, 5.41) is 8.38. The molecule has 0 aliphatic carbocycles. The molecule has 0 saturated carbocycles. The van der Waals surface area contributed by atoms with Crippen molar-refractivity contribution in [2.75, 3.05) is 20.3 Å². The third-order valence-electron chi connectivity index (χ3n) is 2.79. The maximum Gasteiger partial charge on any atom is 0.221 e. The minimum absolute atomic E-state index is 0.0206. The first-order chi connectivity index (χ1) is 9.22. The third-order valence-corrected chi connectivity index (χ3v) is 3.07. The molecule has 5 nitrogen and oxygen atoms in total. The van der Waals surface area contributed by atoms with E-state index in [0.29, 0.717) is 31.3 Å². The van der Waals surface area contributed by atoms with Gasteiger partial charge >= 0.3 is 0 Å². The van der Waals surface area contributed by atoms with Crippen LogP contribution in [-0.4, -0.2) is 35.9 Å². The Kier molecular flexibility index (Phi) is 4.76. The minimum atomic E-state index is -0.0206. The molecule has 19 heavy (non-hydrogen) atoms. The van der Waals surface area contributed by atoms with Crippen LogP contribution in [0.25, 0.3) is 10.9 Å². The number of ether oxygens (including phenoxy) is 1. The molecule has 0 atom stereocenters. The van der Waals surface area contributed by atoms with Crippen LogP contribution in [0.3, 0.4) is 0 Å². The number of benzene rings is 1. The van der Waals surface area contributed by atoms with Crippen molar-refractivity contribution in [3.05, 3.63) is 29.4 Å². The second-order valence-corrected chi connectivity index (χ2v) is 4.48. The van der Waals surface area contributed by atoms with Gasteiger partial charge in [-0.25, -0.2) is 0 Å². The Hall–Kier alpha value is -1.59. The lowest BCUT2D eigenvalue weighted by molar-refractivity contribution is -0.121. The van der Waals surface area contributed by atoms with Gasteiger partial charge < -0.3 is 10.1 Å². The first-order valence-electron chi connectivity index (χ1n) is 6.09. The molecular formula is C13H16ClN3O2. The zero-order valence-corrected chi connectivity index (χ0v) is 11.5. The fraction of sp³-hybridized carbons (Fsp3) is 0.385. The van der Waals surface area contributed by atoms with Gasteiger partial charge in [-0.1, -0.05) is 23.7 Å². The minimum Gasteiger partial charge on any atom is -0.383 e. The van der Waals surface area contributed by atoms with Crippen LogP contribution in [0.1, 0.15) is 6.42 Å². The molecule has 102 valence electrons. The lowest BCUT2D eigenvalue weighted by atomic mass is 10.2. The van der Waals surface area contributed by atoms with E-state index in [-0.39, 0.29) is 5.91 Å². The number of aryl methyl sites for hydroxylation is 1. The Bertz CT molecular complexity index is 568. The van der Waals surface area contributed by atoms with Gasteiger partial charge in [-0.3, -0.25) is 9.48 Å². The molecule has 0 aliphatic rings. The average molecular weight is 282 g/mol. The molecule has 0 bridgehead atoms. The van der Waals surface area contributed by atoms with E-state index in [1.807, 2.05) is 24.3 Å². The average Bonchev–Trinajstić information content (AvgIpc) is 2.74. The van der Waals surface area contributed by atoms with Gasteiger partial charge in [-0.15, -0.1) is 0 Å². The van der Waals surface area contributed by atoms with E-state index in [4.69, 9.17) is 16.3 Å². The Morgan fingerprint density at radius 1 is 1.47 bits per heavy atom. The van der Waals surface area contributed by atoms with Crippen LogP contribution in [0.5, 0.6) is 0 Å². The molecule has 1 heterocycles. The van der Waals surface area contributed by atoms with Crippen LogP contribution >= 0.6 is 11.6 Å². The molecule has 0 aliphatic heterocycles. The van der Waals surface area contributed by atoms with Crippen molar-refractivity contribution in [1.29, 1.82) is 0 Å². The number of carbonyl (C=O) groups excluding carboxylic acids is 1. The molecule has 0 fully saturated rings. The molecule has 1 amide bonds. The summed E-state index contributed by atoms with van der Waals surface area (Å²) in [7, 11) is 1.60. The largest absolute Gasteiger partial charge is 0.383 e. The summed E-state index contributed by atoms with van der Waals surface area (Å²) in [4.78, 5) is 11.6. The quantitative estimate of drug-likeness (QED) is 0.822. The number of halogens is 1. The number of aromatic nitrogens is 2. The molecule has 1 N–H and O–H groups in total. The number of rotatable bonds is 6. The number of amides is 1. The molecule has 1 aromatic carbocycles. The van der Waals surface area contributed by atoms with Crippen molar-refractivity contribution in [1.82, 2.24) is 15.1 Å². The van der Waals surface area contributed by atoms with Crippen LogP contribution in [0.15, 0.2) is 24.3 Å². The highest BCUT2D eigenvalue weighted by Crippen LogP contribution is 2.22. The highest BCUT2D eigenvalue weighted by Gasteiger charge is 2.09. The second-order valence-electron chi connectivity index (χ2n) is 4.12. The van der Waals surface area contributed by atoms with E-state index in [2.05, 4.69) is 10.4 Å². The molecule has 0 radical (unpaired) electrons. The Balaban J connectivity index is 1.96. The van der Waals surface area contributed by atoms with Gasteiger partial charge in [0.25, 0.3) is 0 Å². The van der Waals surface area contributed by atoms with Gasteiger partial charge in [0.05, 0.1) is 18.7 Å². The first kappa shape index (κ1) is 13.8. The Morgan fingerprint density at radius 2 is 2.26 bits per heavy atom. The first-order valence-corrected chi connectivity index (χ1v) is 6.47. The van der Waals surface area contributed by atoms with Gasteiger partial charge in [0.15, 0.2) is 5.15 Å². The lowest BCUT2D eigenvalue weighted by Gasteiger charge is -2.05. The predicted molar refractivity (Wildman–Crippen MR) is 74.2 cm³/mol. The monoisotopic (exact) mass is 281 g/mol. The lowest BCUT2D eigenvalue weighted by Crippen LogP contribution is -2.27. The van der Waals surface area contributed by atoms with Crippen LogP contribution in [0, 0.1) is 0 Å². The standard InChI is InChI=1S/C13H16ClN3O2/c1-19-9-7-15-12(18)6-8-17-11-5-3-2-4-10(11)13(14)16-17/h2-5H,6-9H2,1H3,(H,15,18). The fourth-order valence-corrected chi connectivity index (χ4v) is 2.10. The Labute approximate surface area is 116 Å². The van der Waals surface area contributed by atoms with Gasteiger partial charge in [-0.05, 0) is 12.1 Å². The summed E-state index contributed by atoms with van der Waals surface area (Å²) in [6.45, 7) is 1.55.